The van der Waals surface area contributed by atoms with Crippen molar-refractivity contribution >= 4 is 5.97 Å². The molecule has 0 aromatic heterocycles. The van der Waals surface area contributed by atoms with Crippen molar-refractivity contribution in [3.63, 3.8) is 0 Å². The van der Waals surface area contributed by atoms with Gasteiger partial charge >= 0.3 is 5.97 Å². The van der Waals surface area contributed by atoms with Crippen molar-refractivity contribution in [2.75, 3.05) is 13.1 Å². The average Bonchev–Trinajstić information content (AvgIpc) is 2.01. The lowest BCUT2D eigenvalue weighted by atomic mass is 9.88. The number of nitrogens with one attached hydrogen (secondary N) is 1. The van der Waals surface area contributed by atoms with Crippen molar-refractivity contribution in [1.29, 1.82) is 0 Å². The zero-order chi connectivity index (χ0) is 10.8. The highest BCUT2D eigenvalue weighted by Crippen LogP contribution is 2.25. The van der Waals surface area contributed by atoms with Gasteiger partial charge in [0.2, 0.25) is 0 Å². The van der Waals surface area contributed by atoms with Gasteiger partial charge in [0.05, 0.1) is 18.6 Å². The highest BCUT2D eigenvalue weighted by atomic mass is 16.5. The molecule has 0 radical (unpaired) electrons. The van der Waals surface area contributed by atoms with E-state index in [1.54, 1.807) is 0 Å². The smallest absolute Gasteiger partial charge is 0.306 e. The lowest BCUT2D eigenvalue weighted by Crippen LogP contribution is -2.50. The van der Waals surface area contributed by atoms with E-state index in [0.29, 0.717) is 6.54 Å². The van der Waals surface area contributed by atoms with E-state index >= 15 is 0 Å². The second-order valence-corrected chi connectivity index (χ2v) is 4.87. The standard InChI is InChI=1S/C10H19NO3/c1-10(2,3)8-6-11-5-7(14-8)4-9(12)13/h7-8,11H,4-6H2,1-3H3,(H,12,13). The quantitative estimate of drug-likeness (QED) is 0.696. The summed E-state index contributed by atoms with van der Waals surface area (Å²) in [5.41, 5.74) is 0.0597. The zero-order valence-electron chi connectivity index (χ0n) is 9.04. The lowest BCUT2D eigenvalue weighted by molar-refractivity contribution is -0.145. The molecule has 14 heavy (non-hydrogen) atoms. The van der Waals surface area contributed by atoms with E-state index in [0.717, 1.165) is 6.54 Å². The second kappa shape index (κ2) is 4.28. The maximum absolute atomic E-state index is 10.5. The van der Waals surface area contributed by atoms with E-state index in [1.165, 1.54) is 0 Å². The number of hydrogen-bond acceptors (Lipinski definition) is 3. The first-order valence-electron chi connectivity index (χ1n) is 4.97. The predicted octanol–water partition coefficient (Wildman–Crippen LogP) is 0.864. The van der Waals surface area contributed by atoms with Crippen molar-refractivity contribution in [2.45, 2.75) is 39.4 Å². The first kappa shape index (κ1) is 11.5. The summed E-state index contributed by atoms with van der Waals surface area (Å²) in [7, 11) is 0. The van der Waals surface area contributed by atoms with Crippen LogP contribution in [0.3, 0.4) is 0 Å². The van der Waals surface area contributed by atoms with Crippen LogP contribution in [0, 0.1) is 5.41 Å². The Labute approximate surface area is 84.6 Å². The second-order valence-electron chi connectivity index (χ2n) is 4.87. The Balaban J connectivity index is 2.48. The fourth-order valence-electron chi connectivity index (χ4n) is 1.53. The van der Waals surface area contributed by atoms with Crippen LogP contribution in [0.25, 0.3) is 0 Å². The number of ether oxygens (including phenoxy) is 1. The number of hydrogen-bond donors (Lipinski definition) is 2. The zero-order valence-corrected chi connectivity index (χ0v) is 9.04. The van der Waals surface area contributed by atoms with E-state index in [1.807, 2.05) is 0 Å². The number of morpholine rings is 1. The van der Waals surface area contributed by atoms with Gasteiger partial charge in [-0.3, -0.25) is 4.79 Å². The molecule has 0 aliphatic carbocycles. The minimum atomic E-state index is -0.800. The van der Waals surface area contributed by atoms with Gasteiger partial charge in [-0.1, -0.05) is 20.8 Å². The molecule has 0 aromatic carbocycles. The summed E-state index contributed by atoms with van der Waals surface area (Å²) in [4.78, 5) is 10.5. The van der Waals surface area contributed by atoms with Gasteiger partial charge in [-0.2, -0.15) is 0 Å². The summed E-state index contributed by atoms with van der Waals surface area (Å²) in [5, 5.41) is 11.9. The van der Waals surface area contributed by atoms with Gasteiger partial charge in [0.25, 0.3) is 0 Å². The van der Waals surface area contributed by atoms with Crippen LogP contribution in [-0.4, -0.2) is 36.4 Å². The van der Waals surface area contributed by atoms with E-state index in [-0.39, 0.29) is 24.0 Å². The largest absolute Gasteiger partial charge is 0.481 e. The third-order valence-electron chi connectivity index (χ3n) is 2.43. The molecule has 2 atom stereocenters. The number of aliphatic carboxylic acids is 1. The van der Waals surface area contributed by atoms with Crippen LogP contribution in [0.4, 0.5) is 0 Å². The summed E-state index contributed by atoms with van der Waals surface area (Å²) >= 11 is 0. The molecule has 1 aliphatic heterocycles. The number of carboxylic acids is 1. The Hall–Kier alpha value is -0.610. The monoisotopic (exact) mass is 201 g/mol. The number of carbonyl (C=O) groups is 1. The van der Waals surface area contributed by atoms with Crippen LogP contribution < -0.4 is 5.32 Å². The van der Waals surface area contributed by atoms with Crippen LogP contribution in [0.2, 0.25) is 0 Å². The van der Waals surface area contributed by atoms with Gasteiger partial charge in [-0.05, 0) is 5.41 Å². The Morgan fingerprint density at radius 2 is 2.14 bits per heavy atom. The maximum atomic E-state index is 10.5. The van der Waals surface area contributed by atoms with Crippen molar-refractivity contribution in [1.82, 2.24) is 5.32 Å². The summed E-state index contributed by atoms with van der Waals surface area (Å²) in [6.45, 7) is 7.74. The number of carboxylic acid groups (broad SMARTS) is 1. The van der Waals surface area contributed by atoms with Crippen molar-refractivity contribution in [3.8, 4) is 0 Å². The Kier molecular flexibility index (Phi) is 3.50. The molecular formula is C10H19NO3. The van der Waals surface area contributed by atoms with Crippen molar-refractivity contribution in [2.24, 2.45) is 5.41 Å². The average molecular weight is 201 g/mol. The molecule has 1 aliphatic rings. The Morgan fingerprint density at radius 3 is 2.64 bits per heavy atom. The first-order chi connectivity index (χ1) is 6.39. The van der Waals surface area contributed by atoms with Crippen molar-refractivity contribution < 1.29 is 14.6 Å². The minimum Gasteiger partial charge on any atom is -0.481 e. The molecule has 0 bridgehead atoms. The molecule has 1 heterocycles. The maximum Gasteiger partial charge on any atom is 0.306 e. The number of rotatable bonds is 2. The molecule has 0 amide bonds. The van der Waals surface area contributed by atoms with Gasteiger partial charge in [0.15, 0.2) is 0 Å². The molecule has 2 unspecified atom stereocenters. The van der Waals surface area contributed by atoms with Crippen LogP contribution in [-0.2, 0) is 9.53 Å². The predicted molar refractivity (Wildman–Crippen MR) is 53.2 cm³/mol. The third-order valence-corrected chi connectivity index (χ3v) is 2.43. The van der Waals surface area contributed by atoms with Crippen molar-refractivity contribution in [3.05, 3.63) is 0 Å². The topological polar surface area (TPSA) is 58.6 Å². The Bertz CT molecular complexity index is 210. The molecule has 1 saturated heterocycles. The van der Waals surface area contributed by atoms with E-state index in [2.05, 4.69) is 26.1 Å². The summed E-state index contributed by atoms with van der Waals surface area (Å²) < 4.78 is 5.72. The Morgan fingerprint density at radius 1 is 1.50 bits per heavy atom. The van der Waals surface area contributed by atoms with E-state index < -0.39 is 5.97 Å². The third kappa shape index (κ3) is 3.27. The molecule has 0 spiro atoms. The molecule has 0 saturated carbocycles. The normalized spacial score (nSPS) is 28.8. The van der Waals surface area contributed by atoms with Crippen LogP contribution >= 0.6 is 0 Å². The highest BCUT2D eigenvalue weighted by Gasteiger charge is 2.31. The lowest BCUT2D eigenvalue weighted by Gasteiger charge is -2.38. The molecular weight excluding hydrogens is 182 g/mol. The highest BCUT2D eigenvalue weighted by molar-refractivity contribution is 5.67. The summed E-state index contributed by atoms with van der Waals surface area (Å²) in [5.74, 6) is -0.800. The van der Waals surface area contributed by atoms with Crippen LogP contribution in [0.5, 0.6) is 0 Å². The fourth-order valence-corrected chi connectivity index (χ4v) is 1.53. The van der Waals surface area contributed by atoms with Crippen LogP contribution in [0.15, 0.2) is 0 Å². The van der Waals surface area contributed by atoms with E-state index in [4.69, 9.17) is 9.84 Å². The van der Waals surface area contributed by atoms with Gasteiger partial charge in [-0.25, -0.2) is 0 Å². The van der Waals surface area contributed by atoms with E-state index in [9.17, 15) is 4.79 Å². The first-order valence-corrected chi connectivity index (χ1v) is 4.97. The molecule has 1 rings (SSSR count). The van der Waals surface area contributed by atoms with Gasteiger partial charge in [0.1, 0.15) is 0 Å². The molecule has 82 valence electrons. The summed E-state index contributed by atoms with van der Waals surface area (Å²) in [6.07, 6.45) is -0.00868. The van der Waals surface area contributed by atoms with Gasteiger partial charge in [0, 0.05) is 13.1 Å². The van der Waals surface area contributed by atoms with Gasteiger partial charge in [-0.15, -0.1) is 0 Å². The minimum absolute atomic E-state index is 0.0597. The van der Waals surface area contributed by atoms with Gasteiger partial charge < -0.3 is 15.2 Å². The van der Waals surface area contributed by atoms with Crippen LogP contribution in [0.1, 0.15) is 27.2 Å². The SMILES string of the molecule is CC(C)(C)C1CNCC(CC(=O)O)O1. The molecule has 1 fully saturated rings. The fraction of sp³-hybridized carbons (Fsp3) is 0.900. The molecule has 0 aromatic rings. The summed E-state index contributed by atoms with van der Waals surface area (Å²) in [6, 6.07) is 0. The molecule has 4 nitrogen and oxygen atoms in total. The molecule has 4 heteroatoms. The molecule has 2 N–H and O–H groups in total.